The van der Waals surface area contributed by atoms with Crippen molar-refractivity contribution in [1.82, 2.24) is 10.2 Å². The Morgan fingerprint density at radius 3 is 2.42 bits per heavy atom. The number of rotatable bonds is 7. The summed E-state index contributed by atoms with van der Waals surface area (Å²) >= 11 is 1.34. The molecule has 2 heterocycles. The number of non-ortho nitro benzene ring substituents is 1. The molecule has 0 radical (unpaired) electrons. The highest BCUT2D eigenvalue weighted by Gasteiger charge is 2.29. The minimum Gasteiger partial charge on any atom is -0.368 e. The zero-order valence-electron chi connectivity index (χ0n) is 17.9. The zero-order valence-corrected chi connectivity index (χ0v) is 18.7. The van der Waals surface area contributed by atoms with Gasteiger partial charge in [0.05, 0.1) is 9.80 Å². The molecule has 2 aromatic carbocycles. The molecule has 1 aliphatic rings. The number of benzene rings is 2. The number of amides is 2. The Kier molecular flexibility index (Phi) is 6.99. The molecule has 3 aromatic rings. The summed E-state index contributed by atoms with van der Waals surface area (Å²) in [6.45, 7) is 2.07. The molecular weight excluding hydrogens is 440 g/mol. The van der Waals surface area contributed by atoms with Crippen LogP contribution < -0.4 is 10.2 Å². The quantitative estimate of drug-likeness (QED) is 0.427. The fourth-order valence-corrected chi connectivity index (χ4v) is 4.52. The Bertz CT molecular complexity index is 1110. The third kappa shape index (κ3) is 5.56. The van der Waals surface area contributed by atoms with Crippen LogP contribution in [0.25, 0.3) is 0 Å². The van der Waals surface area contributed by atoms with E-state index in [4.69, 9.17) is 0 Å². The van der Waals surface area contributed by atoms with Crippen LogP contribution in [0, 0.1) is 10.1 Å². The lowest BCUT2D eigenvalue weighted by Gasteiger charge is -2.37. The van der Waals surface area contributed by atoms with E-state index in [9.17, 15) is 19.7 Å². The van der Waals surface area contributed by atoms with E-state index < -0.39 is 11.0 Å². The number of carbonyl (C=O) groups excluding carboxylic acids is 2. The number of thiophene rings is 1. The van der Waals surface area contributed by atoms with Crippen molar-refractivity contribution in [2.75, 3.05) is 31.1 Å². The molecule has 2 amide bonds. The maximum absolute atomic E-state index is 13.4. The molecule has 1 unspecified atom stereocenters. The Labute approximate surface area is 195 Å². The second kappa shape index (κ2) is 10.3. The monoisotopic (exact) mass is 464 g/mol. The molecule has 1 aromatic heterocycles. The molecule has 1 aliphatic heterocycles. The summed E-state index contributed by atoms with van der Waals surface area (Å²) < 4.78 is 0. The summed E-state index contributed by atoms with van der Waals surface area (Å²) in [5.41, 5.74) is 1.78. The van der Waals surface area contributed by atoms with Crippen molar-refractivity contribution < 1.29 is 14.5 Å². The van der Waals surface area contributed by atoms with Gasteiger partial charge < -0.3 is 15.1 Å². The highest BCUT2D eigenvalue weighted by Crippen LogP contribution is 2.22. The molecule has 9 heteroatoms. The number of piperazine rings is 1. The van der Waals surface area contributed by atoms with E-state index >= 15 is 0 Å². The van der Waals surface area contributed by atoms with Crippen molar-refractivity contribution in [2.24, 2.45) is 0 Å². The van der Waals surface area contributed by atoms with E-state index in [1.807, 2.05) is 46.7 Å². The number of nitrogens with zero attached hydrogens (tertiary/aromatic N) is 3. The minimum absolute atomic E-state index is 0.0465. The third-order valence-electron chi connectivity index (χ3n) is 5.63. The van der Waals surface area contributed by atoms with Gasteiger partial charge in [0, 0.05) is 50.4 Å². The van der Waals surface area contributed by atoms with Gasteiger partial charge in [-0.15, -0.1) is 11.3 Å². The minimum atomic E-state index is -0.675. The van der Waals surface area contributed by atoms with Crippen LogP contribution in [0.5, 0.6) is 0 Å². The van der Waals surface area contributed by atoms with E-state index in [2.05, 4.69) is 5.32 Å². The molecule has 1 fully saturated rings. The van der Waals surface area contributed by atoms with E-state index in [1.54, 1.807) is 29.2 Å². The Balaban J connectivity index is 1.44. The Morgan fingerprint density at radius 2 is 1.76 bits per heavy atom. The number of hydrogen-bond donors (Lipinski definition) is 1. The normalized spacial score (nSPS) is 14.5. The Morgan fingerprint density at radius 1 is 1.00 bits per heavy atom. The first-order chi connectivity index (χ1) is 16.0. The second-order valence-electron chi connectivity index (χ2n) is 7.78. The largest absolute Gasteiger partial charge is 0.368 e. The number of nitro benzene ring substituents is 1. The van der Waals surface area contributed by atoms with E-state index in [1.165, 1.54) is 17.4 Å². The van der Waals surface area contributed by atoms with Crippen LogP contribution in [0.4, 0.5) is 11.4 Å². The van der Waals surface area contributed by atoms with Crippen molar-refractivity contribution in [1.29, 1.82) is 0 Å². The van der Waals surface area contributed by atoms with Crippen molar-refractivity contribution in [3.63, 3.8) is 0 Å². The Hall–Kier alpha value is -3.72. The van der Waals surface area contributed by atoms with Crippen LogP contribution in [-0.2, 0) is 11.2 Å². The number of nitrogens with one attached hydrogen (secondary N) is 1. The highest BCUT2D eigenvalue weighted by atomic mass is 32.1. The SMILES string of the molecule is O=C(NC(Cc1ccccc1)C(=O)N1CCN(c2cccc([N+](=O)[O-])c2)CC1)c1cccs1. The van der Waals surface area contributed by atoms with Crippen LogP contribution >= 0.6 is 11.3 Å². The molecule has 8 nitrogen and oxygen atoms in total. The van der Waals surface area contributed by atoms with Gasteiger partial charge in [0.15, 0.2) is 0 Å². The van der Waals surface area contributed by atoms with Crippen LogP contribution in [0.3, 0.4) is 0 Å². The van der Waals surface area contributed by atoms with Gasteiger partial charge in [0.2, 0.25) is 5.91 Å². The van der Waals surface area contributed by atoms with E-state index in [-0.39, 0.29) is 17.5 Å². The first-order valence-corrected chi connectivity index (χ1v) is 11.6. The third-order valence-corrected chi connectivity index (χ3v) is 6.50. The zero-order chi connectivity index (χ0) is 23.2. The predicted octanol–water partition coefficient (Wildman–Crippen LogP) is 3.35. The van der Waals surface area contributed by atoms with E-state index in [0.29, 0.717) is 37.5 Å². The molecule has 4 rings (SSSR count). The predicted molar refractivity (Wildman–Crippen MR) is 128 cm³/mol. The van der Waals surface area contributed by atoms with Gasteiger partial charge in [0.1, 0.15) is 6.04 Å². The number of hydrogen-bond acceptors (Lipinski definition) is 6. The number of carbonyl (C=O) groups is 2. The molecule has 1 atom stereocenters. The van der Waals surface area contributed by atoms with Crippen LogP contribution in [0.15, 0.2) is 72.1 Å². The fraction of sp³-hybridized carbons (Fsp3) is 0.250. The second-order valence-corrected chi connectivity index (χ2v) is 8.73. The average molecular weight is 465 g/mol. The summed E-state index contributed by atoms with van der Waals surface area (Å²) in [6.07, 6.45) is 0.405. The van der Waals surface area contributed by atoms with Crippen LogP contribution in [0.1, 0.15) is 15.2 Å². The molecule has 1 saturated heterocycles. The fourth-order valence-electron chi connectivity index (χ4n) is 3.90. The van der Waals surface area contributed by atoms with Crippen LogP contribution in [0.2, 0.25) is 0 Å². The molecule has 0 spiro atoms. The molecular formula is C24H24N4O4S. The first-order valence-electron chi connectivity index (χ1n) is 10.7. The van der Waals surface area contributed by atoms with Crippen molar-refractivity contribution in [3.05, 3.63) is 92.7 Å². The lowest BCUT2D eigenvalue weighted by atomic mass is 10.0. The first kappa shape index (κ1) is 22.5. The maximum atomic E-state index is 13.4. The van der Waals surface area contributed by atoms with Gasteiger partial charge in [-0.05, 0) is 23.1 Å². The standard InChI is InChI=1S/C24H24N4O4S/c29-23(22-10-5-15-33-22)25-21(16-18-6-2-1-3-7-18)24(30)27-13-11-26(12-14-27)19-8-4-9-20(17-19)28(31)32/h1-10,15,17,21H,11-14,16H2,(H,25,29). The van der Waals surface area contributed by atoms with E-state index in [0.717, 1.165) is 11.3 Å². The summed E-state index contributed by atoms with van der Waals surface area (Å²) in [7, 11) is 0. The maximum Gasteiger partial charge on any atom is 0.271 e. The molecule has 170 valence electrons. The number of nitro groups is 1. The molecule has 0 saturated carbocycles. The van der Waals surface area contributed by atoms with Crippen molar-refractivity contribution in [3.8, 4) is 0 Å². The van der Waals surface area contributed by atoms with Gasteiger partial charge >= 0.3 is 0 Å². The summed E-state index contributed by atoms with van der Waals surface area (Å²) in [5.74, 6) is -0.378. The molecule has 1 N–H and O–H groups in total. The van der Waals surface area contributed by atoms with Gasteiger partial charge in [-0.1, -0.05) is 42.5 Å². The molecule has 0 aliphatic carbocycles. The summed E-state index contributed by atoms with van der Waals surface area (Å²) in [6, 6.07) is 19.0. The van der Waals surface area contributed by atoms with Crippen molar-refractivity contribution in [2.45, 2.75) is 12.5 Å². The van der Waals surface area contributed by atoms with Gasteiger partial charge in [0.25, 0.3) is 11.6 Å². The van der Waals surface area contributed by atoms with Crippen molar-refractivity contribution >= 4 is 34.5 Å². The van der Waals surface area contributed by atoms with Crippen LogP contribution in [-0.4, -0.2) is 53.9 Å². The molecule has 33 heavy (non-hydrogen) atoms. The van der Waals surface area contributed by atoms with Gasteiger partial charge in [-0.2, -0.15) is 0 Å². The smallest absolute Gasteiger partial charge is 0.271 e. The van der Waals surface area contributed by atoms with Gasteiger partial charge in [-0.25, -0.2) is 0 Å². The molecule has 0 bridgehead atoms. The highest BCUT2D eigenvalue weighted by molar-refractivity contribution is 7.12. The topological polar surface area (TPSA) is 95.8 Å². The summed E-state index contributed by atoms with van der Waals surface area (Å²) in [5, 5.41) is 15.8. The van der Waals surface area contributed by atoms with Gasteiger partial charge in [-0.3, -0.25) is 19.7 Å². The summed E-state index contributed by atoms with van der Waals surface area (Å²) in [4.78, 5) is 41.1. The number of anilines is 1. The lowest BCUT2D eigenvalue weighted by molar-refractivity contribution is -0.384. The lowest BCUT2D eigenvalue weighted by Crippen LogP contribution is -2.55. The average Bonchev–Trinajstić information content (AvgIpc) is 3.39.